The number of aromatic hydroxyl groups is 2. The second-order valence-corrected chi connectivity index (χ2v) is 11.2. The normalized spacial score (nSPS) is 14.4. The van der Waals surface area contributed by atoms with E-state index in [2.05, 4.69) is 10.6 Å². The lowest BCUT2D eigenvalue weighted by atomic mass is 9.99. The molecule has 9 nitrogen and oxygen atoms in total. The van der Waals surface area contributed by atoms with Gasteiger partial charge in [-0.2, -0.15) is 0 Å². The molecule has 9 heteroatoms. The van der Waals surface area contributed by atoms with Crippen LogP contribution in [0.1, 0.15) is 56.3 Å². The van der Waals surface area contributed by atoms with Crippen molar-refractivity contribution in [2.45, 2.75) is 70.3 Å². The van der Waals surface area contributed by atoms with Crippen molar-refractivity contribution in [3.63, 3.8) is 0 Å². The smallest absolute Gasteiger partial charge is 0.408 e. The Morgan fingerprint density at radius 1 is 0.878 bits per heavy atom. The molecular weight excluding hydrogens is 522 g/mol. The molecule has 1 aliphatic rings. The molecule has 0 spiro atoms. The van der Waals surface area contributed by atoms with E-state index in [0.717, 1.165) is 5.56 Å². The van der Waals surface area contributed by atoms with Crippen LogP contribution in [-0.2, 0) is 27.3 Å². The van der Waals surface area contributed by atoms with Gasteiger partial charge in [-0.15, -0.1) is 0 Å². The Morgan fingerprint density at radius 2 is 1.46 bits per heavy atom. The molecule has 0 saturated heterocycles. The van der Waals surface area contributed by atoms with Gasteiger partial charge in [0.1, 0.15) is 29.2 Å². The van der Waals surface area contributed by atoms with Crippen LogP contribution in [0.5, 0.6) is 11.5 Å². The number of rotatable bonds is 10. The number of amides is 3. The molecule has 0 aromatic heterocycles. The van der Waals surface area contributed by atoms with Crippen LogP contribution in [0.4, 0.5) is 4.79 Å². The third-order valence-electron chi connectivity index (χ3n) is 6.60. The maximum Gasteiger partial charge on any atom is 0.408 e. The largest absolute Gasteiger partial charge is 0.508 e. The Labute approximate surface area is 240 Å². The van der Waals surface area contributed by atoms with Crippen LogP contribution in [0, 0.1) is 0 Å². The topological polar surface area (TPSA) is 128 Å². The third kappa shape index (κ3) is 8.48. The molecule has 0 radical (unpaired) electrons. The fraction of sp³-hybridized carbons (Fsp3) is 0.344. The molecular formula is C32H37N3O6. The van der Waals surface area contributed by atoms with Crippen LogP contribution in [-0.4, -0.2) is 50.7 Å². The first kappa shape index (κ1) is 29.5. The zero-order valence-corrected chi connectivity index (χ0v) is 23.5. The van der Waals surface area contributed by atoms with Crippen molar-refractivity contribution in [3.8, 4) is 11.5 Å². The number of carbonyl (C=O) groups excluding carboxylic acids is 3. The molecule has 0 bridgehead atoms. The van der Waals surface area contributed by atoms with Gasteiger partial charge in [-0.25, -0.2) is 4.79 Å². The lowest BCUT2D eigenvalue weighted by Crippen LogP contribution is -2.54. The number of ether oxygens (including phenoxy) is 1. The second kappa shape index (κ2) is 12.8. The van der Waals surface area contributed by atoms with E-state index in [1.165, 1.54) is 24.3 Å². The van der Waals surface area contributed by atoms with Crippen LogP contribution >= 0.6 is 0 Å². The average Bonchev–Trinajstić information content (AvgIpc) is 3.76. The van der Waals surface area contributed by atoms with Crippen LogP contribution < -0.4 is 10.6 Å². The fourth-order valence-corrected chi connectivity index (χ4v) is 4.54. The highest BCUT2D eigenvalue weighted by molar-refractivity contribution is 5.92. The minimum atomic E-state index is -1.04. The van der Waals surface area contributed by atoms with Gasteiger partial charge in [0, 0.05) is 19.0 Å². The molecule has 1 saturated carbocycles. The molecule has 2 atom stereocenters. The number of benzene rings is 3. The third-order valence-corrected chi connectivity index (χ3v) is 6.60. The first-order chi connectivity index (χ1) is 19.5. The Kier molecular flexibility index (Phi) is 9.17. The van der Waals surface area contributed by atoms with Crippen molar-refractivity contribution >= 4 is 17.9 Å². The summed E-state index contributed by atoms with van der Waals surface area (Å²) in [6, 6.07) is 19.8. The molecule has 216 valence electrons. The summed E-state index contributed by atoms with van der Waals surface area (Å²) in [5.41, 5.74) is 1.38. The van der Waals surface area contributed by atoms with Crippen molar-refractivity contribution in [1.82, 2.24) is 15.5 Å². The SMILES string of the molecule is CC(C)(C)OC(=O)NC(Cc1ccc(O)cc1)C(=O)N(C1CC1)C(C(=O)NCc1ccccc1)c1ccc(O)cc1. The van der Waals surface area contributed by atoms with Gasteiger partial charge in [0.2, 0.25) is 11.8 Å². The number of hydrogen-bond donors (Lipinski definition) is 4. The highest BCUT2D eigenvalue weighted by Gasteiger charge is 2.44. The molecule has 4 N–H and O–H groups in total. The number of carbonyl (C=O) groups is 3. The predicted octanol–water partition coefficient (Wildman–Crippen LogP) is 4.58. The predicted molar refractivity (Wildman–Crippen MR) is 154 cm³/mol. The molecule has 41 heavy (non-hydrogen) atoms. The monoisotopic (exact) mass is 559 g/mol. The summed E-state index contributed by atoms with van der Waals surface area (Å²) in [6.45, 7) is 5.47. The number of phenols is 2. The van der Waals surface area contributed by atoms with E-state index in [4.69, 9.17) is 4.74 Å². The molecule has 1 fully saturated rings. The number of nitrogens with zero attached hydrogens (tertiary/aromatic N) is 1. The van der Waals surface area contributed by atoms with Gasteiger partial charge in [0.05, 0.1) is 0 Å². The van der Waals surface area contributed by atoms with E-state index >= 15 is 0 Å². The molecule has 4 rings (SSSR count). The summed E-state index contributed by atoms with van der Waals surface area (Å²) in [5.74, 6) is -0.683. The summed E-state index contributed by atoms with van der Waals surface area (Å²) in [7, 11) is 0. The van der Waals surface area contributed by atoms with E-state index in [1.807, 2.05) is 30.3 Å². The lowest BCUT2D eigenvalue weighted by molar-refractivity contribution is -0.143. The van der Waals surface area contributed by atoms with Gasteiger partial charge >= 0.3 is 6.09 Å². The van der Waals surface area contributed by atoms with Crippen molar-refractivity contribution in [2.75, 3.05) is 0 Å². The zero-order valence-electron chi connectivity index (χ0n) is 23.5. The zero-order chi connectivity index (χ0) is 29.6. The van der Waals surface area contributed by atoms with Crippen LogP contribution in [0.25, 0.3) is 0 Å². The van der Waals surface area contributed by atoms with Gasteiger partial charge in [-0.3, -0.25) is 9.59 Å². The average molecular weight is 560 g/mol. The minimum absolute atomic E-state index is 0.0401. The quantitative estimate of drug-likeness (QED) is 0.288. The summed E-state index contributed by atoms with van der Waals surface area (Å²) in [6.07, 6.45) is 0.797. The Hall–Kier alpha value is -4.53. The van der Waals surface area contributed by atoms with E-state index in [9.17, 15) is 24.6 Å². The number of hydrogen-bond acceptors (Lipinski definition) is 6. The van der Waals surface area contributed by atoms with E-state index in [0.29, 0.717) is 24.0 Å². The van der Waals surface area contributed by atoms with Crippen molar-refractivity contribution in [1.29, 1.82) is 0 Å². The highest BCUT2D eigenvalue weighted by atomic mass is 16.6. The van der Waals surface area contributed by atoms with Gasteiger partial charge in [0.15, 0.2) is 0 Å². The number of phenolic OH excluding ortho intramolecular Hbond substituents is 2. The number of alkyl carbamates (subject to hydrolysis) is 1. The van der Waals surface area contributed by atoms with Crippen molar-refractivity contribution in [2.24, 2.45) is 0 Å². The van der Waals surface area contributed by atoms with Gasteiger partial charge in [-0.1, -0.05) is 54.6 Å². The van der Waals surface area contributed by atoms with E-state index in [1.54, 1.807) is 49.9 Å². The first-order valence-electron chi connectivity index (χ1n) is 13.7. The van der Waals surface area contributed by atoms with Crippen LogP contribution in [0.3, 0.4) is 0 Å². The van der Waals surface area contributed by atoms with Gasteiger partial charge in [-0.05, 0) is 74.6 Å². The van der Waals surface area contributed by atoms with Gasteiger partial charge < -0.3 is 30.5 Å². The minimum Gasteiger partial charge on any atom is -0.508 e. The molecule has 3 amide bonds. The van der Waals surface area contributed by atoms with E-state index < -0.39 is 29.7 Å². The second-order valence-electron chi connectivity index (χ2n) is 11.2. The first-order valence-corrected chi connectivity index (χ1v) is 13.7. The summed E-state index contributed by atoms with van der Waals surface area (Å²) in [4.78, 5) is 42.5. The molecule has 0 heterocycles. The molecule has 3 aromatic carbocycles. The Balaban J connectivity index is 1.67. The van der Waals surface area contributed by atoms with Crippen molar-refractivity contribution < 1.29 is 29.3 Å². The van der Waals surface area contributed by atoms with Crippen LogP contribution in [0.15, 0.2) is 78.9 Å². The Morgan fingerprint density at radius 3 is 2.02 bits per heavy atom. The number of nitrogens with one attached hydrogen (secondary N) is 2. The molecule has 2 unspecified atom stereocenters. The summed E-state index contributed by atoms with van der Waals surface area (Å²) >= 11 is 0. The van der Waals surface area contributed by atoms with Crippen LogP contribution in [0.2, 0.25) is 0 Å². The highest BCUT2D eigenvalue weighted by Crippen LogP contribution is 2.36. The maximum absolute atomic E-state index is 14.3. The van der Waals surface area contributed by atoms with E-state index in [-0.39, 0.29) is 36.4 Å². The summed E-state index contributed by atoms with van der Waals surface area (Å²) < 4.78 is 5.46. The fourth-order valence-electron chi connectivity index (χ4n) is 4.54. The molecule has 3 aromatic rings. The standard InChI is InChI=1S/C32H37N3O6/c1-32(2,3)41-31(40)34-27(19-21-9-15-25(36)16-10-21)30(39)35(24-13-14-24)28(23-11-17-26(37)18-12-23)29(38)33-20-22-7-5-4-6-8-22/h4-12,15-18,24,27-28,36-37H,13-14,19-20H2,1-3H3,(H,33,38)(H,34,40). The lowest BCUT2D eigenvalue weighted by Gasteiger charge is -2.35. The maximum atomic E-state index is 14.3. The Bertz CT molecular complexity index is 1330. The summed E-state index contributed by atoms with van der Waals surface area (Å²) in [5, 5.41) is 25.3. The van der Waals surface area contributed by atoms with Crippen molar-refractivity contribution in [3.05, 3.63) is 95.6 Å². The molecule has 0 aliphatic heterocycles. The molecule has 1 aliphatic carbocycles. The van der Waals surface area contributed by atoms with Gasteiger partial charge in [0.25, 0.3) is 0 Å².